The average molecular weight is 387 g/mol. The molecule has 3 aromatic heterocycles. The molecule has 1 aromatic carbocycles. The first-order chi connectivity index (χ1) is 14.1. The van der Waals surface area contributed by atoms with Crippen molar-refractivity contribution in [1.82, 2.24) is 29.5 Å². The Morgan fingerprint density at radius 1 is 1.10 bits per heavy atom. The van der Waals surface area contributed by atoms with E-state index in [9.17, 15) is 4.79 Å². The topological polar surface area (TPSA) is 90.5 Å². The standard InChI is InChI=1S/C21H21N7O/c1-3-16-11-22-15(2)25-21(16)17-12-24-27(13-17)14-20(29)26-19-9-10-23-28(19)18-7-5-4-6-8-18/h4-13H,3,14H2,1-2H3,(H,26,29). The fraction of sp³-hybridized carbons (Fsp3) is 0.190. The molecule has 0 fully saturated rings. The zero-order valence-electron chi connectivity index (χ0n) is 16.3. The number of benzene rings is 1. The van der Waals surface area contributed by atoms with Crippen molar-refractivity contribution in [3.8, 4) is 16.9 Å². The number of aryl methyl sites for hydroxylation is 2. The van der Waals surface area contributed by atoms with Crippen molar-refractivity contribution in [3.63, 3.8) is 0 Å². The van der Waals surface area contributed by atoms with E-state index in [1.807, 2.05) is 49.6 Å². The SMILES string of the molecule is CCc1cnc(C)nc1-c1cnn(CC(=O)Nc2ccnn2-c2ccccc2)c1. The number of carbonyl (C=O) groups excluding carboxylic acids is 1. The van der Waals surface area contributed by atoms with Crippen LogP contribution in [-0.4, -0.2) is 35.4 Å². The second-order valence-corrected chi connectivity index (χ2v) is 6.58. The molecule has 0 saturated heterocycles. The van der Waals surface area contributed by atoms with Crippen LogP contribution in [0.3, 0.4) is 0 Å². The lowest BCUT2D eigenvalue weighted by Gasteiger charge is -2.09. The Kier molecular flexibility index (Phi) is 5.15. The number of amides is 1. The second kappa shape index (κ2) is 8.05. The average Bonchev–Trinajstić information content (AvgIpc) is 3.38. The lowest BCUT2D eigenvalue weighted by atomic mass is 10.1. The van der Waals surface area contributed by atoms with Crippen LogP contribution in [0.15, 0.2) is 61.2 Å². The zero-order valence-corrected chi connectivity index (χ0v) is 16.3. The molecular formula is C21H21N7O. The maximum absolute atomic E-state index is 12.5. The van der Waals surface area contributed by atoms with Crippen molar-refractivity contribution in [2.24, 2.45) is 0 Å². The molecule has 4 aromatic rings. The number of para-hydroxylation sites is 1. The molecule has 4 rings (SSSR count). The van der Waals surface area contributed by atoms with E-state index >= 15 is 0 Å². The van der Waals surface area contributed by atoms with Crippen LogP contribution in [0.2, 0.25) is 0 Å². The zero-order chi connectivity index (χ0) is 20.2. The van der Waals surface area contributed by atoms with E-state index in [1.165, 1.54) is 0 Å². The molecule has 0 radical (unpaired) electrons. The number of nitrogens with one attached hydrogen (secondary N) is 1. The van der Waals surface area contributed by atoms with Crippen molar-refractivity contribution in [2.45, 2.75) is 26.8 Å². The minimum absolute atomic E-state index is 0.0888. The monoisotopic (exact) mass is 387 g/mol. The summed E-state index contributed by atoms with van der Waals surface area (Å²) < 4.78 is 3.29. The summed E-state index contributed by atoms with van der Waals surface area (Å²) in [4.78, 5) is 21.3. The van der Waals surface area contributed by atoms with Gasteiger partial charge in [-0.05, 0) is 31.0 Å². The Balaban J connectivity index is 1.49. The molecule has 0 atom stereocenters. The third kappa shape index (κ3) is 4.06. The number of anilines is 1. The third-order valence-electron chi connectivity index (χ3n) is 4.49. The van der Waals surface area contributed by atoms with Crippen LogP contribution in [0.1, 0.15) is 18.3 Å². The minimum atomic E-state index is -0.188. The molecule has 8 heteroatoms. The molecule has 0 aliphatic rings. The van der Waals surface area contributed by atoms with Crippen LogP contribution < -0.4 is 5.32 Å². The molecule has 0 spiro atoms. The van der Waals surface area contributed by atoms with Crippen LogP contribution in [0.25, 0.3) is 16.9 Å². The summed E-state index contributed by atoms with van der Waals surface area (Å²) in [5, 5.41) is 11.5. The number of hydrogen-bond acceptors (Lipinski definition) is 5. The van der Waals surface area contributed by atoms with E-state index in [0.717, 1.165) is 28.9 Å². The molecule has 146 valence electrons. The Labute approximate surface area is 168 Å². The summed E-state index contributed by atoms with van der Waals surface area (Å²) in [6, 6.07) is 11.4. The largest absolute Gasteiger partial charge is 0.309 e. The van der Waals surface area contributed by atoms with Crippen molar-refractivity contribution in [1.29, 1.82) is 0 Å². The predicted molar refractivity (Wildman–Crippen MR) is 110 cm³/mol. The number of hydrogen-bond donors (Lipinski definition) is 1. The lowest BCUT2D eigenvalue weighted by Crippen LogP contribution is -2.20. The summed E-state index contributed by atoms with van der Waals surface area (Å²) in [6.07, 6.45) is 7.87. The molecule has 1 N–H and O–H groups in total. The fourth-order valence-corrected chi connectivity index (χ4v) is 3.08. The molecule has 8 nitrogen and oxygen atoms in total. The number of carbonyl (C=O) groups is 1. The van der Waals surface area contributed by atoms with Gasteiger partial charge in [-0.1, -0.05) is 25.1 Å². The first kappa shape index (κ1) is 18.5. The molecule has 0 bridgehead atoms. The normalized spacial score (nSPS) is 10.8. The van der Waals surface area contributed by atoms with Crippen molar-refractivity contribution in [2.75, 3.05) is 5.32 Å². The Morgan fingerprint density at radius 3 is 2.72 bits per heavy atom. The molecule has 0 aliphatic heterocycles. The van der Waals surface area contributed by atoms with Gasteiger partial charge in [0.1, 0.15) is 18.2 Å². The molecular weight excluding hydrogens is 366 g/mol. The Hall–Kier alpha value is -3.81. The van der Waals surface area contributed by atoms with Gasteiger partial charge in [0.2, 0.25) is 5.91 Å². The molecule has 0 aliphatic carbocycles. The number of aromatic nitrogens is 6. The Bertz CT molecular complexity index is 1130. The maximum atomic E-state index is 12.5. The van der Waals surface area contributed by atoms with Gasteiger partial charge in [0.25, 0.3) is 0 Å². The van der Waals surface area contributed by atoms with Crippen molar-refractivity contribution < 1.29 is 4.79 Å². The third-order valence-corrected chi connectivity index (χ3v) is 4.49. The highest BCUT2D eigenvalue weighted by molar-refractivity contribution is 5.90. The smallest absolute Gasteiger partial charge is 0.247 e. The van der Waals surface area contributed by atoms with Gasteiger partial charge in [-0.2, -0.15) is 10.2 Å². The maximum Gasteiger partial charge on any atom is 0.247 e. The van der Waals surface area contributed by atoms with Gasteiger partial charge in [-0.3, -0.25) is 9.48 Å². The molecule has 0 unspecified atom stereocenters. The summed E-state index contributed by atoms with van der Waals surface area (Å²) in [5.41, 5.74) is 3.65. The van der Waals surface area contributed by atoms with Gasteiger partial charge in [-0.15, -0.1) is 0 Å². The minimum Gasteiger partial charge on any atom is -0.309 e. The first-order valence-corrected chi connectivity index (χ1v) is 9.38. The molecule has 29 heavy (non-hydrogen) atoms. The van der Waals surface area contributed by atoms with Crippen LogP contribution in [-0.2, 0) is 17.8 Å². The van der Waals surface area contributed by atoms with E-state index in [-0.39, 0.29) is 12.5 Å². The van der Waals surface area contributed by atoms with E-state index in [1.54, 1.807) is 27.8 Å². The highest BCUT2D eigenvalue weighted by Crippen LogP contribution is 2.21. The predicted octanol–water partition coefficient (Wildman–Crippen LogP) is 3.04. The van der Waals surface area contributed by atoms with Crippen LogP contribution in [0.5, 0.6) is 0 Å². The molecule has 1 amide bonds. The van der Waals surface area contributed by atoms with E-state index < -0.39 is 0 Å². The van der Waals surface area contributed by atoms with Crippen LogP contribution >= 0.6 is 0 Å². The van der Waals surface area contributed by atoms with E-state index in [2.05, 4.69) is 32.4 Å². The van der Waals surface area contributed by atoms with Gasteiger partial charge in [-0.25, -0.2) is 14.6 Å². The quantitative estimate of drug-likeness (QED) is 0.549. The molecule has 3 heterocycles. The summed E-state index contributed by atoms with van der Waals surface area (Å²) in [6.45, 7) is 4.01. The van der Waals surface area contributed by atoms with Gasteiger partial charge >= 0.3 is 0 Å². The summed E-state index contributed by atoms with van der Waals surface area (Å²) in [5.74, 6) is 1.12. The van der Waals surface area contributed by atoms with Gasteiger partial charge < -0.3 is 5.32 Å². The summed E-state index contributed by atoms with van der Waals surface area (Å²) in [7, 11) is 0. The molecule has 0 saturated carbocycles. The highest BCUT2D eigenvalue weighted by atomic mass is 16.2. The highest BCUT2D eigenvalue weighted by Gasteiger charge is 2.13. The number of nitrogens with zero attached hydrogens (tertiary/aromatic N) is 6. The fourth-order valence-electron chi connectivity index (χ4n) is 3.08. The number of rotatable bonds is 6. The van der Waals surface area contributed by atoms with Crippen molar-refractivity contribution in [3.05, 3.63) is 72.6 Å². The van der Waals surface area contributed by atoms with Gasteiger partial charge in [0.05, 0.1) is 23.8 Å². The van der Waals surface area contributed by atoms with Crippen LogP contribution in [0, 0.1) is 6.92 Å². The van der Waals surface area contributed by atoms with Gasteiger partial charge in [0, 0.05) is 24.0 Å². The first-order valence-electron chi connectivity index (χ1n) is 9.38. The second-order valence-electron chi connectivity index (χ2n) is 6.58. The Morgan fingerprint density at radius 2 is 1.93 bits per heavy atom. The van der Waals surface area contributed by atoms with Gasteiger partial charge in [0.15, 0.2) is 0 Å². The summed E-state index contributed by atoms with van der Waals surface area (Å²) >= 11 is 0. The van der Waals surface area contributed by atoms with E-state index in [0.29, 0.717) is 11.6 Å². The van der Waals surface area contributed by atoms with Crippen LogP contribution in [0.4, 0.5) is 5.82 Å². The van der Waals surface area contributed by atoms with Crippen molar-refractivity contribution >= 4 is 11.7 Å². The van der Waals surface area contributed by atoms with E-state index in [4.69, 9.17) is 0 Å². The lowest BCUT2D eigenvalue weighted by molar-refractivity contribution is -0.116.